The molecule has 12 heteroatoms. The maximum absolute atomic E-state index is 12.8. The Balaban J connectivity index is 1.86. The predicted octanol–water partition coefficient (Wildman–Crippen LogP) is 3.84. The van der Waals surface area contributed by atoms with Crippen LogP contribution in [0.5, 0.6) is 11.5 Å². The van der Waals surface area contributed by atoms with E-state index in [1.807, 2.05) is 0 Å². The van der Waals surface area contributed by atoms with Crippen molar-refractivity contribution in [1.29, 1.82) is 0 Å². The summed E-state index contributed by atoms with van der Waals surface area (Å²) >= 11 is 0. The van der Waals surface area contributed by atoms with E-state index in [1.54, 1.807) is 0 Å². The molecule has 1 aliphatic rings. The summed E-state index contributed by atoms with van der Waals surface area (Å²) in [6, 6.07) is 6.68. The minimum Gasteiger partial charge on any atom is -0.450 e. The monoisotopic (exact) mass is 449 g/mol. The fourth-order valence-corrected chi connectivity index (χ4v) is 2.82. The number of nitrogens with zero attached hydrogens (tertiary/aromatic N) is 3. The number of nitro benzene ring substituents is 1. The van der Waals surface area contributed by atoms with Crippen molar-refractivity contribution < 1.29 is 37.2 Å². The maximum atomic E-state index is 12.8. The van der Waals surface area contributed by atoms with Gasteiger partial charge in [0.25, 0.3) is 11.8 Å². The molecule has 166 valence electrons. The Morgan fingerprint density at radius 3 is 2.03 bits per heavy atom. The molecular weight excluding hydrogens is 435 g/mol. The molecular formula is C20H14F3N3O6. The van der Waals surface area contributed by atoms with Crippen LogP contribution in [0.4, 0.5) is 23.7 Å². The second-order valence-corrected chi connectivity index (χ2v) is 6.68. The highest BCUT2D eigenvalue weighted by Gasteiger charge is 2.37. The SMILES string of the molecule is CN1C(=O)C(=Cc2ccc(Oc3ccc(C(F)(F)F)cc3[N+](=O)[O-])cc2)C(=O)N(C)C1=O. The maximum Gasteiger partial charge on any atom is 0.416 e. The van der Waals surface area contributed by atoms with Crippen molar-refractivity contribution in [1.82, 2.24) is 9.80 Å². The summed E-state index contributed by atoms with van der Waals surface area (Å²) in [5.74, 6) is -1.88. The average molecular weight is 449 g/mol. The van der Waals surface area contributed by atoms with Crippen LogP contribution in [0.15, 0.2) is 48.0 Å². The number of ether oxygens (including phenoxy) is 1. The molecule has 0 unspecified atom stereocenters. The van der Waals surface area contributed by atoms with E-state index < -0.39 is 45.9 Å². The largest absolute Gasteiger partial charge is 0.450 e. The number of alkyl halides is 3. The van der Waals surface area contributed by atoms with E-state index in [4.69, 9.17) is 4.74 Å². The van der Waals surface area contributed by atoms with E-state index >= 15 is 0 Å². The van der Waals surface area contributed by atoms with Gasteiger partial charge in [-0.1, -0.05) is 12.1 Å². The number of hydrogen-bond acceptors (Lipinski definition) is 6. The molecule has 4 amide bonds. The molecule has 1 aliphatic heterocycles. The molecule has 0 saturated carbocycles. The Labute approximate surface area is 178 Å². The summed E-state index contributed by atoms with van der Waals surface area (Å²) in [4.78, 5) is 48.0. The number of urea groups is 1. The van der Waals surface area contributed by atoms with Crippen LogP contribution in [0.1, 0.15) is 11.1 Å². The topological polar surface area (TPSA) is 110 Å². The number of halogens is 3. The van der Waals surface area contributed by atoms with E-state index in [2.05, 4.69) is 0 Å². The van der Waals surface area contributed by atoms with Gasteiger partial charge in [0.1, 0.15) is 11.3 Å². The Bertz CT molecular complexity index is 1130. The van der Waals surface area contributed by atoms with Gasteiger partial charge in [-0.25, -0.2) is 4.79 Å². The molecule has 0 spiro atoms. The highest BCUT2D eigenvalue weighted by Crippen LogP contribution is 2.37. The molecule has 0 bridgehead atoms. The smallest absolute Gasteiger partial charge is 0.416 e. The second kappa shape index (κ2) is 8.13. The number of rotatable bonds is 4. The number of barbiturate groups is 1. The lowest BCUT2D eigenvalue weighted by Crippen LogP contribution is -2.52. The van der Waals surface area contributed by atoms with E-state index in [-0.39, 0.29) is 11.3 Å². The van der Waals surface area contributed by atoms with Crippen LogP contribution in [-0.2, 0) is 15.8 Å². The van der Waals surface area contributed by atoms with Crippen LogP contribution >= 0.6 is 0 Å². The molecule has 0 aromatic heterocycles. The Hall–Kier alpha value is -4.22. The minimum atomic E-state index is -4.75. The zero-order valence-corrected chi connectivity index (χ0v) is 16.5. The van der Waals surface area contributed by atoms with Crippen molar-refractivity contribution >= 4 is 29.6 Å². The molecule has 0 radical (unpaired) electrons. The molecule has 3 rings (SSSR count). The summed E-state index contributed by atoms with van der Waals surface area (Å²) in [6.45, 7) is 0. The number of imide groups is 2. The standard InChI is InChI=1S/C20H14F3N3O6/c1-24-17(27)14(18(28)25(2)19(24)29)9-11-3-6-13(7-4-11)32-16-8-5-12(20(21,22)23)10-15(16)26(30)31/h3-10H,1-2H3. The fraction of sp³-hybridized carbons (Fsp3) is 0.150. The Morgan fingerprint density at radius 2 is 1.53 bits per heavy atom. The van der Waals surface area contributed by atoms with Crippen LogP contribution in [-0.4, -0.2) is 46.7 Å². The van der Waals surface area contributed by atoms with Crippen molar-refractivity contribution in [2.75, 3.05) is 14.1 Å². The first kappa shape index (κ1) is 22.5. The van der Waals surface area contributed by atoms with Gasteiger partial charge in [-0.15, -0.1) is 0 Å². The predicted molar refractivity (Wildman–Crippen MR) is 104 cm³/mol. The van der Waals surface area contributed by atoms with Gasteiger partial charge in [0.15, 0.2) is 0 Å². The highest BCUT2D eigenvalue weighted by molar-refractivity contribution is 6.30. The molecule has 2 aromatic carbocycles. The first-order chi connectivity index (χ1) is 14.9. The summed E-state index contributed by atoms with van der Waals surface area (Å²) in [6.07, 6.45) is -3.49. The first-order valence-electron chi connectivity index (χ1n) is 8.85. The van der Waals surface area contributed by atoms with Crippen LogP contribution < -0.4 is 4.74 Å². The van der Waals surface area contributed by atoms with Gasteiger partial charge < -0.3 is 4.74 Å². The Morgan fingerprint density at radius 1 is 0.969 bits per heavy atom. The van der Waals surface area contributed by atoms with Crippen molar-refractivity contribution in [2.45, 2.75) is 6.18 Å². The lowest BCUT2D eigenvalue weighted by atomic mass is 10.1. The quantitative estimate of drug-likeness (QED) is 0.304. The van der Waals surface area contributed by atoms with E-state index in [9.17, 15) is 37.7 Å². The summed E-state index contributed by atoms with van der Waals surface area (Å²) in [5.41, 5.74) is -1.91. The highest BCUT2D eigenvalue weighted by atomic mass is 19.4. The lowest BCUT2D eigenvalue weighted by Gasteiger charge is -2.28. The van der Waals surface area contributed by atoms with Gasteiger partial charge >= 0.3 is 17.9 Å². The summed E-state index contributed by atoms with van der Waals surface area (Å²) in [5, 5.41) is 11.2. The molecule has 0 N–H and O–H groups in total. The lowest BCUT2D eigenvalue weighted by molar-refractivity contribution is -0.385. The zero-order valence-electron chi connectivity index (χ0n) is 16.5. The molecule has 1 saturated heterocycles. The fourth-order valence-electron chi connectivity index (χ4n) is 2.82. The summed E-state index contributed by atoms with van der Waals surface area (Å²) < 4.78 is 43.8. The van der Waals surface area contributed by atoms with Gasteiger partial charge in [0.05, 0.1) is 10.5 Å². The normalized spacial score (nSPS) is 14.7. The number of benzene rings is 2. The number of nitro groups is 1. The molecule has 2 aromatic rings. The van der Waals surface area contributed by atoms with Crippen LogP contribution in [0, 0.1) is 10.1 Å². The number of hydrogen-bond donors (Lipinski definition) is 0. The van der Waals surface area contributed by atoms with Crippen LogP contribution in [0.2, 0.25) is 0 Å². The number of likely N-dealkylation sites (N-methyl/N-ethyl adjacent to an activating group) is 2. The molecule has 9 nitrogen and oxygen atoms in total. The molecule has 32 heavy (non-hydrogen) atoms. The van der Waals surface area contributed by atoms with Crippen molar-refractivity contribution in [2.24, 2.45) is 0 Å². The third-order valence-electron chi connectivity index (χ3n) is 4.55. The average Bonchev–Trinajstić information content (AvgIpc) is 2.74. The van der Waals surface area contributed by atoms with E-state index in [1.165, 1.54) is 44.4 Å². The van der Waals surface area contributed by atoms with Crippen molar-refractivity contribution in [3.63, 3.8) is 0 Å². The summed E-state index contributed by atoms with van der Waals surface area (Å²) in [7, 11) is 2.46. The Kier molecular flexibility index (Phi) is 5.71. The molecule has 1 fully saturated rings. The van der Waals surface area contributed by atoms with Gasteiger partial charge in [-0.05, 0) is 35.9 Å². The van der Waals surface area contributed by atoms with Gasteiger partial charge in [0.2, 0.25) is 5.75 Å². The first-order valence-corrected chi connectivity index (χ1v) is 8.85. The van der Waals surface area contributed by atoms with Gasteiger partial charge in [-0.2, -0.15) is 13.2 Å². The van der Waals surface area contributed by atoms with Crippen molar-refractivity contribution in [3.05, 3.63) is 69.3 Å². The number of carbonyl (C=O) groups is 3. The molecule has 0 aliphatic carbocycles. The number of amides is 4. The third-order valence-corrected chi connectivity index (χ3v) is 4.55. The van der Waals surface area contributed by atoms with Crippen LogP contribution in [0.3, 0.4) is 0 Å². The van der Waals surface area contributed by atoms with Gasteiger partial charge in [-0.3, -0.25) is 29.5 Å². The van der Waals surface area contributed by atoms with Gasteiger partial charge in [0, 0.05) is 20.2 Å². The van der Waals surface area contributed by atoms with Crippen molar-refractivity contribution in [3.8, 4) is 11.5 Å². The van der Waals surface area contributed by atoms with Crippen LogP contribution in [0.25, 0.3) is 6.08 Å². The molecule has 1 heterocycles. The van der Waals surface area contributed by atoms with E-state index in [0.717, 1.165) is 15.9 Å². The number of carbonyl (C=O) groups excluding carboxylic acids is 3. The minimum absolute atomic E-state index is 0.0701. The van der Waals surface area contributed by atoms with E-state index in [0.29, 0.717) is 17.7 Å². The second-order valence-electron chi connectivity index (χ2n) is 6.68. The third kappa shape index (κ3) is 4.29. The molecule has 0 atom stereocenters. The zero-order chi connectivity index (χ0) is 23.8.